The van der Waals surface area contributed by atoms with Gasteiger partial charge in [-0.2, -0.15) is 0 Å². The van der Waals surface area contributed by atoms with Crippen molar-refractivity contribution in [3.63, 3.8) is 0 Å². The molecule has 0 fully saturated rings. The van der Waals surface area contributed by atoms with Crippen molar-refractivity contribution in [3.05, 3.63) is 29.3 Å². The van der Waals surface area contributed by atoms with E-state index in [-0.39, 0.29) is 23.9 Å². The van der Waals surface area contributed by atoms with E-state index < -0.39 is 0 Å². The number of ether oxygens (including phenoxy) is 1. The zero-order chi connectivity index (χ0) is 22.9. The Hall–Kier alpha value is -1.39. The van der Waals surface area contributed by atoms with Gasteiger partial charge in [-0.05, 0) is 52.6 Å². The van der Waals surface area contributed by atoms with Crippen molar-refractivity contribution < 1.29 is 14.9 Å². The van der Waals surface area contributed by atoms with Crippen LogP contribution in [0.15, 0.2) is 18.2 Å². The summed E-state index contributed by atoms with van der Waals surface area (Å²) in [5.41, 5.74) is 1.63. The molecule has 186 valence electrons. The van der Waals surface area contributed by atoms with Gasteiger partial charge in [0.2, 0.25) is 0 Å². The summed E-state index contributed by atoms with van der Waals surface area (Å²) in [6.07, 6.45) is 22.0. The summed E-state index contributed by atoms with van der Waals surface area (Å²) in [6, 6.07) is 1.51. The quantitative estimate of drug-likeness (QED) is 0.131. The van der Waals surface area contributed by atoms with Crippen molar-refractivity contribution in [2.24, 2.45) is 0 Å². The van der Waals surface area contributed by atoms with Crippen LogP contribution < -0.4 is 4.74 Å². The highest BCUT2D eigenvalue weighted by Crippen LogP contribution is 2.39. The third kappa shape index (κ3) is 12.6. The van der Waals surface area contributed by atoms with E-state index in [4.69, 9.17) is 4.74 Å². The zero-order valence-corrected chi connectivity index (χ0v) is 21.8. The van der Waals surface area contributed by atoms with E-state index in [2.05, 4.69) is 19.1 Å². The van der Waals surface area contributed by atoms with Crippen LogP contribution in [0, 0.1) is 0 Å². The number of allylic oxidation sites excluding steroid dienone is 2. The molecule has 32 heavy (non-hydrogen) atoms. The first-order valence-corrected chi connectivity index (χ1v) is 12.4. The molecule has 0 bridgehead atoms. The average molecular weight is 470 g/mol. The van der Waals surface area contributed by atoms with Gasteiger partial charge in [-0.15, -0.1) is 12.4 Å². The van der Waals surface area contributed by atoms with Gasteiger partial charge in [-0.25, -0.2) is 0 Å². The molecule has 1 aromatic rings. The largest absolute Gasteiger partial charge is 0.507 e. The zero-order valence-electron chi connectivity index (χ0n) is 21.0. The lowest BCUT2D eigenvalue weighted by Crippen LogP contribution is -2.13. The van der Waals surface area contributed by atoms with Crippen LogP contribution in [0.25, 0.3) is 0 Å². The predicted molar refractivity (Wildman–Crippen MR) is 140 cm³/mol. The maximum absolute atomic E-state index is 10.6. The molecular formula is C27H48ClNO3. The van der Waals surface area contributed by atoms with Gasteiger partial charge in [0.05, 0.1) is 7.11 Å². The number of benzene rings is 1. The molecule has 0 unspecified atom stereocenters. The lowest BCUT2D eigenvalue weighted by atomic mass is 9.97. The van der Waals surface area contributed by atoms with Crippen LogP contribution in [0.5, 0.6) is 17.2 Å². The average Bonchev–Trinajstić information content (AvgIpc) is 2.74. The smallest absolute Gasteiger partial charge is 0.164 e. The molecule has 0 aliphatic rings. The predicted octanol–water partition coefficient (Wildman–Crippen LogP) is 7.78. The van der Waals surface area contributed by atoms with E-state index in [0.29, 0.717) is 12.3 Å². The molecule has 0 aliphatic heterocycles. The summed E-state index contributed by atoms with van der Waals surface area (Å²) in [5.74, 6) is 0.731. The Labute approximate surface area is 203 Å². The fourth-order valence-electron chi connectivity index (χ4n) is 4.02. The SMILES string of the molecule is CCCCCC/C=C\CCCCCCCCCc1c(O)c(OC)cc(O)c1CN(C)C.Cl. The number of phenolic OH excluding ortho intramolecular Hbond substituents is 2. The van der Waals surface area contributed by atoms with E-state index >= 15 is 0 Å². The molecule has 0 amide bonds. The second kappa shape index (κ2) is 19.1. The fraction of sp³-hybridized carbons (Fsp3) is 0.704. The first kappa shape index (κ1) is 30.6. The number of phenols is 2. The standard InChI is InChI=1S/C27H47NO3.ClH/c1-5-6-7-8-9-10-11-12-13-14-15-16-17-18-19-20-23-24(22-28(2)3)25(29)21-26(31-4)27(23)30;/h10-11,21,29-30H,5-9,12-20,22H2,1-4H3;1H/b11-10-;. The molecular weight excluding hydrogens is 422 g/mol. The number of unbranched alkanes of at least 4 members (excludes halogenated alkanes) is 11. The van der Waals surface area contributed by atoms with Gasteiger partial charge in [-0.1, -0.05) is 70.4 Å². The Morgan fingerprint density at radius 3 is 1.88 bits per heavy atom. The number of hydrogen-bond acceptors (Lipinski definition) is 4. The van der Waals surface area contributed by atoms with E-state index in [1.165, 1.54) is 83.8 Å². The van der Waals surface area contributed by atoms with E-state index in [1.54, 1.807) is 0 Å². The summed E-state index contributed by atoms with van der Waals surface area (Å²) in [5, 5.41) is 20.9. The highest BCUT2D eigenvalue weighted by atomic mass is 35.5. The summed E-state index contributed by atoms with van der Waals surface area (Å²) in [6.45, 7) is 2.86. The Morgan fingerprint density at radius 1 is 0.812 bits per heavy atom. The second-order valence-electron chi connectivity index (χ2n) is 8.98. The highest BCUT2D eigenvalue weighted by molar-refractivity contribution is 5.85. The number of nitrogens with zero attached hydrogens (tertiary/aromatic N) is 1. The molecule has 0 aromatic heterocycles. The lowest BCUT2D eigenvalue weighted by molar-refractivity contribution is 0.353. The van der Waals surface area contributed by atoms with Crippen LogP contribution >= 0.6 is 12.4 Å². The molecule has 2 N–H and O–H groups in total. The topological polar surface area (TPSA) is 52.9 Å². The summed E-state index contributed by atoms with van der Waals surface area (Å²) >= 11 is 0. The third-order valence-electron chi connectivity index (χ3n) is 5.84. The Bertz CT molecular complexity index is 632. The van der Waals surface area contributed by atoms with Crippen molar-refractivity contribution in [2.75, 3.05) is 21.2 Å². The maximum atomic E-state index is 10.6. The molecule has 1 rings (SSSR count). The Morgan fingerprint density at radius 2 is 1.34 bits per heavy atom. The van der Waals surface area contributed by atoms with E-state index in [9.17, 15) is 10.2 Å². The van der Waals surface area contributed by atoms with Crippen LogP contribution in [0.4, 0.5) is 0 Å². The van der Waals surface area contributed by atoms with Crippen LogP contribution in [-0.4, -0.2) is 36.3 Å². The van der Waals surface area contributed by atoms with Crippen molar-refractivity contribution in [3.8, 4) is 17.2 Å². The third-order valence-corrected chi connectivity index (χ3v) is 5.84. The summed E-state index contributed by atoms with van der Waals surface area (Å²) in [4.78, 5) is 2.01. The number of hydrogen-bond donors (Lipinski definition) is 2. The molecule has 0 saturated carbocycles. The molecule has 0 saturated heterocycles. The minimum Gasteiger partial charge on any atom is -0.507 e. The van der Waals surface area contributed by atoms with E-state index in [1.807, 2.05) is 19.0 Å². The molecule has 0 atom stereocenters. The first-order valence-electron chi connectivity index (χ1n) is 12.4. The molecule has 5 heteroatoms. The van der Waals surface area contributed by atoms with Crippen LogP contribution in [0.3, 0.4) is 0 Å². The molecule has 4 nitrogen and oxygen atoms in total. The summed E-state index contributed by atoms with van der Waals surface area (Å²) in [7, 11) is 5.45. The number of methoxy groups -OCH3 is 1. The lowest BCUT2D eigenvalue weighted by Gasteiger charge is -2.19. The van der Waals surface area contributed by atoms with Gasteiger partial charge in [0, 0.05) is 23.7 Å². The fourth-order valence-corrected chi connectivity index (χ4v) is 4.02. The van der Waals surface area contributed by atoms with Crippen molar-refractivity contribution in [2.45, 2.75) is 103 Å². The maximum Gasteiger partial charge on any atom is 0.164 e. The van der Waals surface area contributed by atoms with Gasteiger partial charge in [0.25, 0.3) is 0 Å². The first-order chi connectivity index (χ1) is 15.0. The van der Waals surface area contributed by atoms with Gasteiger partial charge < -0.3 is 19.8 Å². The molecule has 0 heterocycles. The number of rotatable bonds is 18. The van der Waals surface area contributed by atoms with Gasteiger partial charge in [-0.3, -0.25) is 0 Å². The number of halogens is 1. The minimum absolute atomic E-state index is 0. The summed E-state index contributed by atoms with van der Waals surface area (Å²) < 4.78 is 5.23. The van der Waals surface area contributed by atoms with E-state index in [0.717, 1.165) is 30.4 Å². The van der Waals surface area contributed by atoms with Crippen LogP contribution in [0.2, 0.25) is 0 Å². The van der Waals surface area contributed by atoms with Gasteiger partial charge in [0.1, 0.15) is 5.75 Å². The molecule has 0 radical (unpaired) electrons. The number of aromatic hydroxyl groups is 2. The van der Waals surface area contributed by atoms with Gasteiger partial charge >= 0.3 is 0 Å². The molecule has 1 aromatic carbocycles. The Kier molecular flexibility index (Phi) is 18.3. The Balaban J connectivity index is 0.00000961. The van der Waals surface area contributed by atoms with Crippen molar-refractivity contribution >= 4 is 12.4 Å². The minimum atomic E-state index is 0. The van der Waals surface area contributed by atoms with Crippen molar-refractivity contribution in [1.82, 2.24) is 4.90 Å². The monoisotopic (exact) mass is 469 g/mol. The second-order valence-corrected chi connectivity index (χ2v) is 8.98. The highest BCUT2D eigenvalue weighted by Gasteiger charge is 2.18. The normalized spacial score (nSPS) is 11.3. The van der Waals surface area contributed by atoms with Crippen LogP contribution in [-0.2, 0) is 13.0 Å². The molecule has 0 aliphatic carbocycles. The van der Waals surface area contributed by atoms with Crippen LogP contribution in [0.1, 0.15) is 102 Å². The molecule has 0 spiro atoms. The van der Waals surface area contributed by atoms with Gasteiger partial charge in [0.15, 0.2) is 11.5 Å². The van der Waals surface area contributed by atoms with Crippen molar-refractivity contribution in [1.29, 1.82) is 0 Å².